The average Bonchev–Trinajstić information content (AvgIpc) is 2.32. The Kier molecular flexibility index (Phi) is 3.90. The molecular weight excluding hydrogens is 249 g/mol. The highest BCUT2D eigenvalue weighted by Crippen LogP contribution is 2.17. The van der Waals surface area contributed by atoms with Gasteiger partial charge in [0.15, 0.2) is 0 Å². The van der Waals surface area contributed by atoms with Crippen molar-refractivity contribution in [3.8, 4) is 0 Å². The summed E-state index contributed by atoms with van der Waals surface area (Å²) in [6, 6.07) is 4.59. The Labute approximate surface area is 111 Å². The highest BCUT2D eigenvalue weighted by Gasteiger charge is 2.27. The molecule has 1 amide bonds. The van der Waals surface area contributed by atoms with E-state index in [1.807, 2.05) is 6.92 Å². The van der Waals surface area contributed by atoms with E-state index < -0.39 is 6.09 Å². The molecular formula is C13H18FN3O2. The van der Waals surface area contributed by atoms with Crippen LogP contribution in [0.15, 0.2) is 18.2 Å². The van der Waals surface area contributed by atoms with Crippen molar-refractivity contribution in [3.05, 3.63) is 29.6 Å². The molecule has 1 aromatic carbocycles. The first kappa shape index (κ1) is 13.6. The molecule has 1 saturated heterocycles. The predicted molar refractivity (Wildman–Crippen MR) is 70.3 cm³/mol. The van der Waals surface area contributed by atoms with Crippen LogP contribution in [0.2, 0.25) is 0 Å². The number of rotatable bonds is 2. The number of benzene rings is 1. The molecule has 1 aliphatic rings. The van der Waals surface area contributed by atoms with Gasteiger partial charge in [0.05, 0.1) is 0 Å². The summed E-state index contributed by atoms with van der Waals surface area (Å²) in [5.41, 5.74) is 6.50. The highest BCUT2D eigenvalue weighted by molar-refractivity contribution is 5.65. The van der Waals surface area contributed by atoms with E-state index in [2.05, 4.69) is 4.90 Å². The van der Waals surface area contributed by atoms with Gasteiger partial charge in [0, 0.05) is 43.5 Å². The Morgan fingerprint density at radius 1 is 1.53 bits per heavy atom. The number of nitrogens with two attached hydrogens (primary N) is 1. The van der Waals surface area contributed by atoms with Crippen LogP contribution in [0.25, 0.3) is 0 Å². The van der Waals surface area contributed by atoms with E-state index in [9.17, 15) is 9.18 Å². The van der Waals surface area contributed by atoms with Crippen LogP contribution < -0.4 is 5.73 Å². The van der Waals surface area contributed by atoms with Gasteiger partial charge < -0.3 is 15.7 Å². The summed E-state index contributed by atoms with van der Waals surface area (Å²) >= 11 is 0. The monoisotopic (exact) mass is 267 g/mol. The van der Waals surface area contributed by atoms with Gasteiger partial charge in [-0.1, -0.05) is 6.07 Å². The van der Waals surface area contributed by atoms with Crippen molar-refractivity contribution in [3.63, 3.8) is 0 Å². The molecule has 6 heteroatoms. The third-order valence-corrected chi connectivity index (χ3v) is 3.43. The van der Waals surface area contributed by atoms with E-state index in [1.54, 1.807) is 12.1 Å². The minimum Gasteiger partial charge on any atom is -0.465 e. The Hall–Kier alpha value is -1.82. The summed E-state index contributed by atoms with van der Waals surface area (Å²) in [5, 5.41) is 8.99. The van der Waals surface area contributed by atoms with Crippen molar-refractivity contribution in [2.75, 3.05) is 25.4 Å². The van der Waals surface area contributed by atoms with E-state index >= 15 is 0 Å². The molecule has 1 fully saturated rings. The average molecular weight is 267 g/mol. The van der Waals surface area contributed by atoms with E-state index in [0.717, 1.165) is 0 Å². The number of nitrogens with zero attached hydrogens (tertiary/aromatic N) is 2. The summed E-state index contributed by atoms with van der Waals surface area (Å²) in [6.45, 7) is 4.01. The van der Waals surface area contributed by atoms with Crippen LogP contribution >= 0.6 is 0 Å². The number of hydrogen-bond acceptors (Lipinski definition) is 3. The first-order valence-electron chi connectivity index (χ1n) is 6.23. The fraction of sp³-hybridized carbons (Fsp3) is 0.462. The summed E-state index contributed by atoms with van der Waals surface area (Å²) in [4.78, 5) is 14.4. The highest BCUT2D eigenvalue weighted by atomic mass is 19.1. The van der Waals surface area contributed by atoms with Gasteiger partial charge >= 0.3 is 6.09 Å². The SMILES string of the molecule is C[C@H]1CN(Cc2ccc(N)cc2F)CCN1C(=O)O. The quantitative estimate of drug-likeness (QED) is 0.798. The van der Waals surface area contributed by atoms with Crippen LogP contribution in [-0.2, 0) is 6.54 Å². The molecule has 2 rings (SSSR count). The van der Waals surface area contributed by atoms with Crippen LogP contribution in [0.5, 0.6) is 0 Å². The minimum atomic E-state index is -0.897. The Morgan fingerprint density at radius 3 is 2.84 bits per heavy atom. The van der Waals surface area contributed by atoms with Gasteiger partial charge in [0.1, 0.15) is 5.82 Å². The molecule has 0 aromatic heterocycles. The maximum Gasteiger partial charge on any atom is 0.407 e. The number of amides is 1. The molecule has 3 N–H and O–H groups in total. The lowest BCUT2D eigenvalue weighted by molar-refractivity contribution is 0.0706. The first-order valence-corrected chi connectivity index (χ1v) is 6.23. The molecule has 0 bridgehead atoms. The van der Waals surface area contributed by atoms with Gasteiger partial charge in [-0.15, -0.1) is 0 Å². The van der Waals surface area contributed by atoms with E-state index in [-0.39, 0.29) is 11.9 Å². The first-order chi connectivity index (χ1) is 8.97. The Morgan fingerprint density at radius 2 is 2.26 bits per heavy atom. The van der Waals surface area contributed by atoms with Crippen LogP contribution in [-0.4, -0.2) is 46.7 Å². The van der Waals surface area contributed by atoms with Gasteiger partial charge in [-0.25, -0.2) is 9.18 Å². The maximum absolute atomic E-state index is 13.7. The zero-order chi connectivity index (χ0) is 14.0. The molecule has 19 heavy (non-hydrogen) atoms. The Bertz CT molecular complexity index is 481. The fourth-order valence-electron chi connectivity index (χ4n) is 2.39. The Balaban J connectivity index is 2.00. The predicted octanol–water partition coefficient (Wildman–Crippen LogP) is 1.59. The summed E-state index contributed by atoms with van der Waals surface area (Å²) in [7, 11) is 0. The lowest BCUT2D eigenvalue weighted by Gasteiger charge is -2.38. The molecule has 0 radical (unpaired) electrons. The van der Waals surface area contributed by atoms with Crippen molar-refractivity contribution in [1.82, 2.24) is 9.80 Å². The number of hydrogen-bond donors (Lipinski definition) is 2. The third kappa shape index (κ3) is 3.14. The molecule has 5 nitrogen and oxygen atoms in total. The largest absolute Gasteiger partial charge is 0.465 e. The number of piperazine rings is 1. The number of nitrogen functional groups attached to an aromatic ring is 1. The molecule has 1 aromatic rings. The van der Waals surface area contributed by atoms with Crippen molar-refractivity contribution >= 4 is 11.8 Å². The second kappa shape index (κ2) is 5.44. The minimum absolute atomic E-state index is 0.0805. The number of carbonyl (C=O) groups is 1. The van der Waals surface area contributed by atoms with Gasteiger partial charge in [-0.3, -0.25) is 4.90 Å². The van der Waals surface area contributed by atoms with Crippen LogP contribution in [0, 0.1) is 5.82 Å². The maximum atomic E-state index is 13.7. The molecule has 0 spiro atoms. The topological polar surface area (TPSA) is 69.8 Å². The van der Waals surface area contributed by atoms with Gasteiger partial charge in [-0.2, -0.15) is 0 Å². The van der Waals surface area contributed by atoms with Crippen molar-refractivity contribution in [1.29, 1.82) is 0 Å². The summed E-state index contributed by atoms with van der Waals surface area (Å²) < 4.78 is 13.7. The summed E-state index contributed by atoms with van der Waals surface area (Å²) in [5.74, 6) is -0.312. The van der Waals surface area contributed by atoms with Crippen molar-refractivity contribution in [2.45, 2.75) is 19.5 Å². The van der Waals surface area contributed by atoms with Gasteiger partial charge in [0.2, 0.25) is 0 Å². The molecule has 1 atom stereocenters. The van der Waals surface area contributed by atoms with Crippen LogP contribution in [0.1, 0.15) is 12.5 Å². The molecule has 0 unspecified atom stereocenters. The number of halogens is 1. The normalized spacial score (nSPS) is 20.5. The standard InChI is InChI=1S/C13H18FN3O2/c1-9-7-16(4-5-17(9)13(18)19)8-10-2-3-11(15)6-12(10)14/h2-3,6,9H,4-5,7-8,15H2,1H3,(H,18,19)/t9-/m0/s1. The van der Waals surface area contributed by atoms with E-state index in [0.29, 0.717) is 37.4 Å². The van der Waals surface area contributed by atoms with Crippen LogP contribution in [0.3, 0.4) is 0 Å². The lowest BCUT2D eigenvalue weighted by Crippen LogP contribution is -2.53. The second-order valence-electron chi connectivity index (χ2n) is 4.91. The number of carboxylic acid groups (broad SMARTS) is 1. The fourth-order valence-corrected chi connectivity index (χ4v) is 2.39. The van der Waals surface area contributed by atoms with Gasteiger partial charge in [-0.05, 0) is 19.1 Å². The molecule has 1 aliphatic heterocycles. The molecule has 1 heterocycles. The molecule has 0 aliphatic carbocycles. The third-order valence-electron chi connectivity index (χ3n) is 3.43. The van der Waals surface area contributed by atoms with E-state index in [1.165, 1.54) is 11.0 Å². The molecule has 104 valence electrons. The van der Waals surface area contributed by atoms with Crippen LogP contribution in [0.4, 0.5) is 14.9 Å². The summed E-state index contributed by atoms with van der Waals surface area (Å²) in [6.07, 6.45) is -0.897. The zero-order valence-electron chi connectivity index (χ0n) is 10.8. The van der Waals surface area contributed by atoms with Crippen molar-refractivity contribution in [2.24, 2.45) is 0 Å². The van der Waals surface area contributed by atoms with Gasteiger partial charge in [0.25, 0.3) is 0 Å². The number of anilines is 1. The lowest BCUT2D eigenvalue weighted by atomic mass is 10.1. The smallest absolute Gasteiger partial charge is 0.407 e. The second-order valence-corrected chi connectivity index (χ2v) is 4.91. The zero-order valence-corrected chi connectivity index (χ0v) is 10.8. The van der Waals surface area contributed by atoms with Crippen molar-refractivity contribution < 1.29 is 14.3 Å². The van der Waals surface area contributed by atoms with E-state index in [4.69, 9.17) is 10.8 Å². The molecule has 0 saturated carbocycles.